The molecule has 0 aliphatic heterocycles. The average molecular weight is 458 g/mol. The number of benzene rings is 2. The summed E-state index contributed by atoms with van der Waals surface area (Å²) in [5, 5.41) is 17.4. The highest BCUT2D eigenvalue weighted by molar-refractivity contribution is 6.31. The highest BCUT2D eigenvalue weighted by Gasteiger charge is 2.49. The van der Waals surface area contributed by atoms with Crippen molar-refractivity contribution >= 4 is 35.0 Å². The third-order valence-electron chi connectivity index (χ3n) is 4.30. The molecule has 0 spiro atoms. The molecule has 2 aromatic rings. The number of carbonyl (C=O) groups excluding carboxylic acids is 2. The second-order valence-electron chi connectivity index (χ2n) is 6.43. The Morgan fingerprint density at radius 1 is 1.19 bits per heavy atom. The zero-order valence-corrected chi connectivity index (χ0v) is 16.5. The van der Waals surface area contributed by atoms with Crippen molar-refractivity contribution in [3.8, 4) is 5.75 Å². The van der Waals surface area contributed by atoms with Crippen LogP contribution in [0.5, 0.6) is 5.75 Å². The Morgan fingerprint density at radius 2 is 1.87 bits per heavy atom. The van der Waals surface area contributed by atoms with Gasteiger partial charge in [0.2, 0.25) is 5.60 Å². The van der Waals surface area contributed by atoms with Gasteiger partial charge in [-0.25, -0.2) is 15.0 Å². The molecule has 0 bridgehead atoms. The fraction of sp³-hybridized carbons (Fsp3) is 0.211. The number of amides is 2. The molecule has 0 saturated heterocycles. The molecule has 1 aliphatic rings. The van der Waals surface area contributed by atoms with E-state index in [-0.39, 0.29) is 17.8 Å². The quantitative estimate of drug-likeness (QED) is 0.482. The Labute approximate surface area is 178 Å². The Morgan fingerprint density at radius 3 is 2.48 bits per heavy atom. The number of hydrogen-bond donors (Lipinski definition) is 3. The van der Waals surface area contributed by atoms with Gasteiger partial charge in [-0.05, 0) is 42.0 Å². The fourth-order valence-corrected chi connectivity index (χ4v) is 3.21. The Kier molecular flexibility index (Phi) is 6.09. The Bertz CT molecular complexity index is 1040. The third kappa shape index (κ3) is 5.06. The van der Waals surface area contributed by atoms with Crippen LogP contribution in [0.15, 0.2) is 47.6 Å². The van der Waals surface area contributed by atoms with Gasteiger partial charge in [-0.1, -0.05) is 17.7 Å². The number of carbonyl (C=O) groups is 2. The highest BCUT2D eigenvalue weighted by atomic mass is 35.5. The zero-order chi connectivity index (χ0) is 22.8. The largest absolute Gasteiger partial charge is 0.573 e. The number of aliphatic hydroxyl groups is 1. The van der Waals surface area contributed by atoms with E-state index in [9.17, 15) is 27.9 Å². The lowest BCUT2D eigenvalue weighted by Crippen LogP contribution is -2.47. The maximum atomic E-state index is 12.2. The van der Waals surface area contributed by atoms with Crippen LogP contribution in [0.4, 0.5) is 23.7 Å². The summed E-state index contributed by atoms with van der Waals surface area (Å²) in [6.07, 6.45) is -4.99. The molecule has 0 fully saturated rings. The minimum atomic E-state index is -4.83. The van der Waals surface area contributed by atoms with Crippen LogP contribution in [0.3, 0.4) is 0 Å². The molecule has 164 valence electrons. The minimum absolute atomic E-state index is 0.143. The Hall–Kier alpha value is -3.31. The van der Waals surface area contributed by atoms with E-state index < -0.39 is 29.7 Å². The predicted molar refractivity (Wildman–Crippen MR) is 104 cm³/mol. The van der Waals surface area contributed by atoms with Crippen molar-refractivity contribution in [3.63, 3.8) is 0 Å². The van der Waals surface area contributed by atoms with Gasteiger partial charge in [0.25, 0.3) is 0 Å². The molecule has 31 heavy (non-hydrogen) atoms. The zero-order valence-electron chi connectivity index (χ0n) is 15.8. The number of nitrogens with zero attached hydrogens (tertiary/aromatic N) is 1. The first-order chi connectivity index (χ1) is 14.5. The maximum Gasteiger partial charge on any atom is 0.573 e. The molecule has 0 saturated carbocycles. The van der Waals surface area contributed by atoms with Crippen LogP contribution in [-0.4, -0.2) is 41.9 Å². The monoisotopic (exact) mass is 457 g/mol. The number of rotatable bonds is 4. The van der Waals surface area contributed by atoms with E-state index in [0.29, 0.717) is 16.1 Å². The lowest BCUT2D eigenvalue weighted by Gasteiger charge is -2.20. The average Bonchev–Trinajstić information content (AvgIpc) is 2.97. The number of hydrogen-bond acceptors (Lipinski definition) is 6. The molecule has 2 aromatic carbocycles. The molecular weight excluding hydrogens is 443 g/mol. The van der Waals surface area contributed by atoms with Gasteiger partial charge in [0.1, 0.15) is 11.5 Å². The number of halogens is 4. The van der Waals surface area contributed by atoms with E-state index in [2.05, 4.69) is 25.3 Å². The SMILES string of the molecule is COC(=O)C1(O)Cc2cc(Cl)ccc2/C1=N/NC(=O)Nc1ccc(OC(F)(F)F)cc1. The first-order valence-corrected chi connectivity index (χ1v) is 9.00. The molecule has 12 heteroatoms. The predicted octanol–water partition coefficient (Wildman–Crippen LogP) is 3.22. The van der Waals surface area contributed by atoms with Crippen molar-refractivity contribution < 1.29 is 37.3 Å². The van der Waals surface area contributed by atoms with Crippen LogP contribution >= 0.6 is 11.6 Å². The van der Waals surface area contributed by atoms with Gasteiger partial charge < -0.3 is 19.9 Å². The van der Waals surface area contributed by atoms with Gasteiger partial charge in [-0.15, -0.1) is 13.2 Å². The number of ether oxygens (including phenoxy) is 2. The molecule has 1 unspecified atom stereocenters. The van der Waals surface area contributed by atoms with E-state index >= 15 is 0 Å². The number of fused-ring (bicyclic) bond motifs is 1. The number of nitrogens with one attached hydrogen (secondary N) is 2. The van der Waals surface area contributed by atoms with Gasteiger partial charge in [0.05, 0.1) is 7.11 Å². The first-order valence-electron chi connectivity index (χ1n) is 8.62. The van der Waals surface area contributed by atoms with Gasteiger partial charge in [-0.3, -0.25) is 0 Å². The molecular formula is C19H15ClF3N3O5. The van der Waals surface area contributed by atoms with E-state index in [1.165, 1.54) is 24.3 Å². The molecule has 8 nitrogen and oxygen atoms in total. The maximum absolute atomic E-state index is 12.2. The molecule has 0 radical (unpaired) electrons. The number of urea groups is 1. The molecule has 3 N–H and O–H groups in total. The normalized spacial score (nSPS) is 19.0. The fourth-order valence-electron chi connectivity index (χ4n) is 3.02. The topological polar surface area (TPSA) is 109 Å². The molecule has 1 aliphatic carbocycles. The summed E-state index contributed by atoms with van der Waals surface area (Å²) >= 11 is 5.95. The van der Waals surface area contributed by atoms with E-state index in [4.69, 9.17) is 11.6 Å². The van der Waals surface area contributed by atoms with Crippen LogP contribution in [0.1, 0.15) is 11.1 Å². The van der Waals surface area contributed by atoms with E-state index in [1.54, 1.807) is 6.07 Å². The summed E-state index contributed by atoms with van der Waals surface area (Å²) < 4.78 is 45.0. The lowest BCUT2D eigenvalue weighted by atomic mass is 9.99. The molecule has 0 aromatic heterocycles. The molecule has 1 atom stereocenters. The van der Waals surface area contributed by atoms with Crippen LogP contribution in [0, 0.1) is 0 Å². The summed E-state index contributed by atoms with van der Waals surface area (Å²) in [5.74, 6) is -1.43. The summed E-state index contributed by atoms with van der Waals surface area (Å²) in [4.78, 5) is 24.3. The number of alkyl halides is 3. The number of esters is 1. The van der Waals surface area contributed by atoms with Crippen molar-refractivity contribution in [1.82, 2.24) is 5.43 Å². The summed E-state index contributed by atoms with van der Waals surface area (Å²) in [7, 11) is 1.10. The molecule has 3 rings (SSSR count). The van der Waals surface area contributed by atoms with Gasteiger partial charge in [0, 0.05) is 22.7 Å². The highest BCUT2D eigenvalue weighted by Crippen LogP contribution is 2.33. The Balaban J connectivity index is 1.76. The second-order valence-corrected chi connectivity index (χ2v) is 6.87. The minimum Gasteiger partial charge on any atom is -0.467 e. The second kappa shape index (κ2) is 8.44. The van der Waals surface area contributed by atoms with Crippen molar-refractivity contribution in [2.75, 3.05) is 12.4 Å². The van der Waals surface area contributed by atoms with Crippen LogP contribution in [0.2, 0.25) is 5.02 Å². The number of anilines is 1. The van der Waals surface area contributed by atoms with Crippen LogP contribution < -0.4 is 15.5 Å². The summed E-state index contributed by atoms with van der Waals surface area (Å²) in [5.41, 5.74) is 0.936. The molecule has 0 heterocycles. The summed E-state index contributed by atoms with van der Waals surface area (Å²) in [6, 6.07) is 8.16. The number of methoxy groups -OCH3 is 1. The third-order valence-corrected chi connectivity index (χ3v) is 4.53. The van der Waals surface area contributed by atoms with Crippen molar-refractivity contribution in [1.29, 1.82) is 0 Å². The van der Waals surface area contributed by atoms with E-state index in [1.807, 2.05) is 0 Å². The smallest absolute Gasteiger partial charge is 0.467 e. The number of hydrazone groups is 1. The lowest BCUT2D eigenvalue weighted by molar-refractivity contribution is -0.274. The van der Waals surface area contributed by atoms with Gasteiger partial charge in [0.15, 0.2) is 0 Å². The standard InChI is InChI=1S/C19H15ClF3N3O5/c1-30-16(27)18(29)9-10-8-11(20)2-7-14(10)15(18)25-26-17(28)24-12-3-5-13(6-4-12)31-19(21,22)23/h2-8,29H,9H2,1H3,(H2,24,26,28)/b25-15-. The molecule has 2 amide bonds. The first kappa shape index (κ1) is 22.4. The van der Waals surface area contributed by atoms with Crippen LogP contribution in [-0.2, 0) is 16.0 Å². The van der Waals surface area contributed by atoms with Gasteiger partial charge >= 0.3 is 18.4 Å². The van der Waals surface area contributed by atoms with Gasteiger partial charge in [-0.2, -0.15) is 5.10 Å². The van der Waals surface area contributed by atoms with Crippen molar-refractivity contribution in [3.05, 3.63) is 58.6 Å². The van der Waals surface area contributed by atoms with Crippen LogP contribution in [0.25, 0.3) is 0 Å². The van der Waals surface area contributed by atoms with Crippen molar-refractivity contribution in [2.24, 2.45) is 5.10 Å². The van der Waals surface area contributed by atoms with Crippen molar-refractivity contribution in [2.45, 2.75) is 18.4 Å². The van der Waals surface area contributed by atoms with E-state index in [0.717, 1.165) is 19.2 Å². The summed E-state index contributed by atoms with van der Waals surface area (Å²) in [6.45, 7) is 0.